The Morgan fingerprint density at radius 3 is 2.79 bits per heavy atom. The molecule has 2 aromatic carbocycles. The van der Waals surface area contributed by atoms with Gasteiger partial charge < -0.3 is 10.6 Å². The van der Waals surface area contributed by atoms with Gasteiger partial charge in [-0.25, -0.2) is 0 Å². The van der Waals surface area contributed by atoms with Crippen LogP contribution in [-0.2, 0) is 12.8 Å². The van der Waals surface area contributed by atoms with E-state index in [0.717, 1.165) is 19.4 Å². The number of hydrogen-bond donors (Lipinski definition) is 1. The average Bonchev–Trinajstić information content (AvgIpc) is 2.81. The van der Waals surface area contributed by atoms with Crippen LogP contribution in [0.5, 0.6) is 0 Å². The minimum atomic E-state index is 0.707. The molecule has 2 aromatic rings. The van der Waals surface area contributed by atoms with Gasteiger partial charge >= 0.3 is 0 Å². The largest absolute Gasteiger partial charge is 0.374 e. The van der Waals surface area contributed by atoms with E-state index in [2.05, 4.69) is 54.4 Å². The first kappa shape index (κ1) is 12.2. The average molecular weight is 252 g/mol. The minimum absolute atomic E-state index is 0.707. The first-order valence-corrected chi connectivity index (χ1v) is 6.91. The van der Waals surface area contributed by atoms with Crippen molar-refractivity contribution in [3.63, 3.8) is 0 Å². The Bertz CT molecular complexity index is 590. The molecule has 1 aliphatic heterocycles. The topological polar surface area (TPSA) is 29.3 Å². The first-order chi connectivity index (χ1) is 9.28. The zero-order valence-corrected chi connectivity index (χ0v) is 11.4. The predicted octanol–water partition coefficient (Wildman–Crippen LogP) is 2.85. The standard InChI is InChI=1S/C17H20N2/c1-19-10-8-16-12-15(5-6-17(16)19)14-4-2-3-13(11-14)7-9-18/h2-6,11-12H,7-10,18H2,1H3. The van der Waals surface area contributed by atoms with Crippen LogP contribution in [0.2, 0.25) is 0 Å². The van der Waals surface area contributed by atoms with Crippen molar-refractivity contribution in [2.75, 3.05) is 25.0 Å². The first-order valence-electron chi connectivity index (χ1n) is 6.91. The fourth-order valence-corrected chi connectivity index (χ4v) is 2.82. The van der Waals surface area contributed by atoms with E-state index in [-0.39, 0.29) is 0 Å². The van der Waals surface area contributed by atoms with Crippen LogP contribution < -0.4 is 10.6 Å². The van der Waals surface area contributed by atoms with Crippen LogP contribution in [0.1, 0.15) is 11.1 Å². The second-order valence-corrected chi connectivity index (χ2v) is 5.25. The molecule has 1 aliphatic rings. The fourth-order valence-electron chi connectivity index (χ4n) is 2.82. The van der Waals surface area contributed by atoms with Crippen molar-refractivity contribution >= 4 is 5.69 Å². The molecule has 0 atom stereocenters. The molecule has 0 bridgehead atoms. The van der Waals surface area contributed by atoms with Crippen LogP contribution in [0.4, 0.5) is 5.69 Å². The summed E-state index contributed by atoms with van der Waals surface area (Å²) in [7, 11) is 2.16. The third kappa shape index (κ3) is 2.36. The molecule has 0 spiro atoms. The lowest BCUT2D eigenvalue weighted by molar-refractivity contribution is 0.956. The molecule has 3 rings (SSSR count). The van der Waals surface area contributed by atoms with Crippen LogP contribution in [0.3, 0.4) is 0 Å². The van der Waals surface area contributed by atoms with Crippen molar-refractivity contribution in [1.29, 1.82) is 0 Å². The number of fused-ring (bicyclic) bond motifs is 1. The summed E-state index contributed by atoms with van der Waals surface area (Å²) in [6.45, 7) is 1.84. The van der Waals surface area contributed by atoms with Crippen LogP contribution in [0.25, 0.3) is 11.1 Å². The lowest BCUT2D eigenvalue weighted by Crippen LogP contribution is -2.12. The van der Waals surface area contributed by atoms with Crippen LogP contribution in [-0.4, -0.2) is 20.1 Å². The molecule has 0 radical (unpaired) electrons. The lowest BCUT2D eigenvalue weighted by Gasteiger charge is -2.12. The van der Waals surface area contributed by atoms with E-state index >= 15 is 0 Å². The minimum Gasteiger partial charge on any atom is -0.374 e. The molecule has 0 unspecified atom stereocenters. The molecule has 2 N–H and O–H groups in total. The number of nitrogens with two attached hydrogens (primary N) is 1. The third-order valence-corrected chi connectivity index (χ3v) is 3.90. The van der Waals surface area contributed by atoms with Gasteiger partial charge in [0.25, 0.3) is 0 Å². The summed E-state index contributed by atoms with van der Waals surface area (Å²) in [6.07, 6.45) is 2.10. The van der Waals surface area contributed by atoms with Gasteiger partial charge in [-0.3, -0.25) is 0 Å². The maximum Gasteiger partial charge on any atom is 0.0397 e. The maximum absolute atomic E-state index is 5.63. The second-order valence-electron chi connectivity index (χ2n) is 5.25. The second kappa shape index (κ2) is 5.06. The third-order valence-electron chi connectivity index (χ3n) is 3.90. The summed E-state index contributed by atoms with van der Waals surface area (Å²) in [5, 5.41) is 0. The van der Waals surface area contributed by atoms with Crippen LogP contribution in [0.15, 0.2) is 42.5 Å². The number of likely N-dealkylation sites (N-methyl/N-ethyl adjacent to an activating group) is 1. The molecule has 0 aromatic heterocycles. The van der Waals surface area contributed by atoms with Gasteiger partial charge in [-0.2, -0.15) is 0 Å². The summed E-state index contributed by atoms with van der Waals surface area (Å²) >= 11 is 0. The molecular formula is C17H20N2. The molecule has 1 heterocycles. The summed E-state index contributed by atoms with van der Waals surface area (Å²) in [4.78, 5) is 2.32. The van der Waals surface area contributed by atoms with Crippen molar-refractivity contribution in [3.05, 3.63) is 53.6 Å². The molecular weight excluding hydrogens is 232 g/mol. The zero-order chi connectivity index (χ0) is 13.2. The highest BCUT2D eigenvalue weighted by molar-refractivity contribution is 5.70. The molecule has 0 saturated carbocycles. The Morgan fingerprint density at radius 2 is 1.95 bits per heavy atom. The molecule has 0 aliphatic carbocycles. The highest BCUT2D eigenvalue weighted by Crippen LogP contribution is 2.31. The molecule has 0 fully saturated rings. The van der Waals surface area contributed by atoms with Gasteiger partial charge in [0.1, 0.15) is 0 Å². The SMILES string of the molecule is CN1CCc2cc(-c3cccc(CCN)c3)ccc21. The van der Waals surface area contributed by atoms with E-state index in [0.29, 0.717) is 6.54 Å². The number of rotatable bonds is 3. The predicted molar refractivity (Wildman–Crippen MR) is 81.6 cm³/mol. The maximum atomic E-state index is 5.63. The van der Waals surface area contributed by atoms with Crippen LogP contribution >= 0.6 is 0 Å². The number of benzene rings is 2. The number of hydrogen-bond acceptors (Lipinski definition) is 2. The normalized spacial score (nSPS) is 13.7. The Hall–Kier alpha value is -1.80. The lowest BCUT2D eigenvalue weighted by atomic mass is 9.99. The van der Waals surface area contributed by atoms with E-state index in [1.807, 2.05) is 0 Å². The number of anilines is 1. The van der Waals surface area contributed by atoms with Gasteiger partial charge in [-0.05, 0) is 53.8 Å². The van der Waals surface area contributed by atoms with Gasteiger partial charge in [0.2, 0.25) is 0 Å². The zero-order valence-electron chi connectivity index (χ0n) is 11.4. The van der Waals surface area contributed by atoms with Gasteiger partial charge in [0.05, 0.1) is 0 Å². The Balaban J connectivity index is 1.96. The monoisotopic (exact) mass is 252 g/mol. The van der Waals surface area contributed by atoms with Crippen molar-refractivity contribution < 1.29 is 0 Å². The number of nitrogens with zero attached hydrogens (tertiary/aromatic N) is 1. The summed E-state index contributed by atoms with van der Waals surface area (Å²) in [6, 6.07) is 15.5. The summed E-state index contributed by atoms with van der Waals surface area (Å²) < 4.78 is 0. The van der Waals surface area contributed by atoms with E-state index < -0.39 is 0 Å². The van der Waals surface area contributed by atoms with Crippen molar-refractivity contribution in [2.45, 2.75) is 12.8 Å². The van der Waals surface area contributed by atoms with Crippen LogP contribution in [0, 0.1) is 0 Å². The highest BCUT2D eigenvalue weighted by Gasteiger charge is 2.15. The fraction of sp³-hybridized carbons (Fsp3) is 0.294. The van der Waals surface area contributed by atoms with E-state index in [1.54, 1.807) is 0 Å². The van der Waals surface area contributed by atoms with Crippen molar-refractivity contribution in [1.82, 2.24) is 0 Å². The molecule has 98 valence electrons. The Labute approximate surface area is 114 Å². The van der Waals surface area contributed by atoms with Gasteiger partial charge in [-0.1, -0.05) is 30.3 Å². The highest BCUT2D eigenvalue weighted by atomic mass is 15.1. The summed E-state index contributed by atoms with van der Waals surface area (Å²) in [5.41, 5.74) is 12.4. The van der Waals surface area contributed by atoms with E-state index in [9.17, 15) is 0 Å². The molecule has 0 amide bonds. The van der Waals surface area contributed by atoms with Crippen molar-refractivity contribution in [3.8, 4) is 11.1 Å². The van der Waals surface area contributed by atoms with E-state index in [1.165, 1.54) is 27.9 Å². The molecule has 0 saturated heterocycles. The van der Waals surface area contributed by atoms with Gasteiger partial charge in [-0.15, -0.1) is 0 Å². The Morgan fingerprint density at radius 1 is 1.11 bits per heavy atom. The van der Waals surface area contributed by atoms with Gasteiger partial charge in [0.15, 0.2) is 0 Å². The molecule has 2 nitrogen and oxygen atoms in total. The Kier molecular flexibility index (Phi) is 3.26. The quantitative estimate of drug-likeness (QED) is 0.910. The van der Waals surface area contributed by atoms with Gasteiger partial charge in [0, 0.05) is 19.3 Å². The smallest absolute Gasteiger partial charge is 0.0397 e. The molecule has 19 heavy (non-hydrogen) atoms. The molecule has 2 heteroatoms. The summed E-state index contributed by atoms with van der Waals surface area (Å²) in [5.74, 6) is 0. The van der Waals surface area contributed by atoms with E-state index in [4.69, 9.17) is 5.73 Å². The van der Waals surface area contributed by atoms with Crippen molar-refractivity contribution in [2.24, 2.45) is 5.73 Å².